The smallest absolute Gasteiger partial charge is 0.0139 e. The summed E-state index contributed by atoms with van der Waals surface area (Å²) in [6.45, 7) is 17.3. The third-order valence-corrected chi connectivity index (χ3v) is 5.12. The number of nitrogens with one attached hydrogen (secondary N) is 1. The Morgan fingerprint density at radius 1 is 0.750 bits per heavy atom. The van der Waals surface area contributed by atoms with Crippen molar-refractivity contribution in [2.75, 3.05) is 6.54 Å². The summed E-state index contributed by atoms with van der Waals surface area (Å²) >= 11 is 0. The molecule has 0 fully saturated rings. The van der Waals surface area contributed by atoms with Gasteiger partial charge < -0.3 is 5.32 Å². The molecule has 2 atom stereocenters. The first-order valence-electron chi connectivity index (χ1n) is 10.7. The molecule has 0 rings (SSSR count). The lowest BCUT2D eigenvalue weighted by atomic mass is 9.91. The lowest BCUT2D eigenvalue weighted by Crippen LogP contribution is -2.22. The van der Waals surface area contributed by atoms with Crippen LogP contribution in [0.15, 0.2) is 11.6 Å². The molecule has 0 aromatic heterocycles. The van der Waals surface area contributed by atoms with E-state index in [0.29, 0.717) is 6.04 Å². The Hall–Kier alpha value is -0.300. The van der Waals surface area contributed by atoms with Gasteiger partial charge in [0.25, 0.3) is 0 Å². The van der Waals surface area contributed by atoms with Crippen LogP contribution in [0.4, 0.5) is 0 Å². The van der Waals surface area contributed by atoms with Gasteiger partial charge in [0.2, 0.25) is 0 Å². The lowest BCUT2D eigenvalue weighted by molar-refractivity contribution is 0.389. The van der Waals surface area contributed by atoms with Crippen LogP contribution in [0.3, 0.4) is 0 Å². The molecule has 1 N–H and O–H groups in total. The topological polar surface area (TPSA) is 12.0 Å². The zero-order chi connectivity index (χ0) is 18.4. The van der Waals surface area contributed by atoms with Gasteiger partial charge in [0, 0.05) is 12.6 Å². The second-order valence-electron chi connectivity index (χ2n) is 8.97. The summed E-state index contributed by atoms with van der Waals surface area (Å²) in [6.07, 6.45) is 14.9. The Balaban J connectivity index is 3.60. The highest BCUT2D eigenvalue weighted by Crippen LogP contribution is 2.21. The molecule has 0 aliphatic heterocycles. The summed E-state index contributed by atoms with van der Waals surface area (Å²) in [5, 5.41) is 3.46. The minimum Gasteiger partial charge on any atom is -0.311 e. The second kappa shape index (κ2) is 15.0. The highest BCUT2D eigenvalue weighted by atomic mass is 14.9. The number of rotatable bonds is 15. The van der Waals surface area contributed by atoms with Crippen molar-refractivity contribution in [3.05, 3.63) is 11.6 Å². The van der Waals surface area contributed by atoms with Gasteiger partial charge in [0.15, 0.2) is 0 Å². The fraction of sp³-hybridized carbons (Fsp3) is 0.913. The van der Waals surface area contributed by atoms with E-state index < -0.39 is 0 Å². The predicted octanol–water partition coefficient (Wildman–Crippen LogP) is 7.37. The van der Waals surface area contributed by atoms with E-state index in [0.717, 1.165) is 24.3 Å². The third kappa shape index (κ3) is 16.6. The van der Waals surface area contributed by atoms with Gasteiger partial charge in [0.05, 0.1) is 0 Å². The molecule has 0 heterocycles. The number of hydrogen-bond donors (Lipinski definition) is 1. The summed E-state index contributed by atoms with van der Waals surface area (Å²) in [7, 11) is 0. The molecule has 0 aliphatic rings. The van der Waals surface area contributed by atoms with Crippen molar-refractivity contribution in [2.45, 2.75) is 112 Å². The van der Waals surface area contributed by atoms with Crippen molar-refractivity contribution in [1.82, 2.24) is 5.32 Å². The molecule has 0 amide bonds. The van der Waals surface area contributed by atoms with E-state index in [4.69, 9.17) is 0 Å². The molecule has 0 spiro atoms. The van der Waals surface area contributed by atoms with Crippen LogP contribution in [0.5, 0.6) is 0 Å². The van der Waals surface area contributed by atoms with Crippen molar-refractivity contribution >= 4 is 0 Å². The summed E-state index contributed by atoms with van der Waals surface area (Å²) in [5.41, 5.74) is 1.55. The lowest BCUT2D eigenvalue weighted by Gasteiger charge is -2.15. The fourth-order valence-electron chi connectivity index (χ4n) is 3.28. The van der Waals surface area contributed by atoms with E-state index in [1.807, 2.05) is 0 Å². The largest absolute Gasteiger partial charge is 0.311 e. The first-order chi connectivity index (χ1) is 11.3. The minimum absolute atomic E-state index is 0.585. The molecule has 1 nitrogen and oxygen atoms in total. The zero-order valence-corrected chi connectivity index (χ0v) is 18.0. The van der Waals surface area contributed by atoms with Crippen LogP contribution in [0, 0.1) is 17.8 Å². The van der Waals surface area contributed by atoms with Crippen LogP contribution in [0.25, 0.3) is 0 Å². The SMILES string of the molecule is CC(=CCNC(C)C)CCCC(C)CCCC(C)CCCC(C)C. The molecule has 144 valence electrons. The standard InChI is InChI=1S/C23H47N/c1-19(2)11-8-12-21(5)13-9-14-22(6)15-10-16-23(7)17-18-24-20(3)4/h17,19-22,24H,8-16,18H2,1-7H3. The van der Waals surface area contributed by atoms with Gasteiger partial charge in [-0.2, -0.15) is 0 Å². The van der Waals surface area contributed by atoms with Crippen molar-refractivity contribution in [1.29, 1.82) is 0 Å². The summed E-state index contributed by atoms with van der Waals surface area (Å²) in [5.74, 6) is 2.69. The monoisotopic (exact) mass is 337 g/mol. The van der Waals surface area contributed by atoms with Gasteiger partial charge in [-0.3, -0.25) is 0 Å². The Morgan fingerprint density at radius 2 is 1.25 bits per heavy atom. The normalized spacial score (nSPS) is 15.3. The molecule has 0 radical (unpaired) electrons. The van der Waals surface area contributed by atoms with Crippen LogP contribution in [0.1, 0.15) is 106 Å². The summed E-state index contributed by atoms with van der Waals surface area (Å²) in [6, 6.07) is 0.585. The molecular weight excluding hydrogens is 290 g/mol. The first kappa shape index (κ1) is 23.7. The van der Waals surface area contributed by atoms with E-state index in [-0.39, 0.29) is 0 Å². The molecule has 0 aromatic carbocycles. The molecule has 0 aromatic rings. The average Bonchev–Trinajstić information content (AvgIpc) is 2.46. The van der Waals surface area contributed by atoms with Gasteiger partial charge in [0.1, 0.15) is 0 Å². The van der Waals surface area contributed by atoms with Gasteiger partial charge >= 0.3 is 0 Å². The van der Waals surface area contributed by atoms with Crippen molar-refractivity contribution < 1.29 is 0 Å². The maximum Gasteiger partial charge on any atom is 0.0139 e. The number of hydrogen-bond acceptors (Lipinski definition) is 1. The van der Waals surface area contributed by atoms with E-state index in [1.165, 1.54) is 57.8 Å². The zero-order valence-electron chi connectivity index (χ0n) is 18.0. The fourth-order valence-corrected chi connectivity index (χ4v) is 3.28. The Kier molecular flexibility index (Phi) is 14.8. The van der Waals surface area contributed by atoms with Crippen molar-refractivity contribution in [2.24, 2.45) is 17.8 Å². The Bertz CT molecular complexity index is 303. The molecule has 0 saturated carbocycles. The van der Waals surface area contributed by atoms with Gasteiger partial charge in [-0.25, -0.2) is 0 Å². The molecule has 24 heavy (non-hydrogen) atoms. The molecular formula is C23H47N. The molecule has 2 unspecified atom stereocenters. The molecule has 0 saturated heterocycles. The molecule has 1 heteroatoms. The van der Waals surface area contributed by atoms with Crippen LogP contribution in [0.2, 0.25) is 0 Å². The second-order valence-corrected chi connectivity index (χ2v) is 8.97. The van der Waals surface area contributed by atoms with Crippen LogP contribution < -0.4 is 5.32 Å². The minimum atomic E-state index is 0.585. The first-order valence-corrected chi connectivity index (χ1v) is 10.7. The third-order valence-electron chi connectivity index (χ3n) is 5.12. The van der Waals surface area contributed by atoms with Crippen molar-refractivity contribution in [3.8, 4) is 0 Å². The number of allylic oxidation sites excluding steroid dienone is 1. The quantitative estimate of drug-likeness (QED) is 0.308. The maximum absolute atomic E-state index is 3.46. The highest BCUT2D eigenvalue weighted by Gasteiger charge is 2.06. The van der Waals surface area contributed by atoms with Crippen molar-refractivity contribution in [3.63, 3.8) is 0 Å². The highest BCUT2D eigenvalue weighted by molar-refractivity contribution is 4.99. The summed E-state index contributed by atoms with van der Waals surface area (Å²) < 4.78 is 0. The van der Waals surface area contributed by atoms with E-state index >= 15 is 0 Å². The Morgan fingerprint density at radius 3 is 1.75 bits per heavy atom. The van der Waals surface area contributed by atoms with Gasteiger partial charge in [-0.1, -0.05) is 98.1 Å². The van der Waals surface area contributed by atoms with E-state index in [9.17, 15) is 0 Å². The Labute approximate surface area is 154 Å². The van der Waals surface area contributed by atoms with Crippen LogP contribution in [-0.4, -0.2) is 12.6 Å². The average molecular weight is 338 g/mol. The molecule has 0 aliphatic carbocycles. The van der Waals surface area contributed by atoms with E-state index in [1.54, 1.807) is 5.57 Å². The molecule has 0 bridgehead atoms. The van der Waals surface area contributed by atoms with Gasteiger partial charge in [-0.15, -0.1) is 0 Å². The predicted molar refractivity (Wildman–Crippen MR) is 112 cm³/mol. The van der Waals surface area contributed by atoms with Gasteiger partial charge in [-0.05, 0) is 37.5 Å². The van der Waals surface area contributed by atoms with Crippen LogP contribution in [-0.2, 0) is 0 Å². The van der Waals surface area contributed by atoms with E-state index in [2.05, 4.69) is 59.9 Å². The maximum atomic E-state index is 3.46. The summed E-state index contributed by atoms with van der Waals surface area (Å²) in [4.78, 5) is 0. The van der Waals surface area contributed by atoms with Crippen LogP contribution >= 0.6 is 0 Å².